The van der Waals surface area contributed by atoms with Crippen LogP contribution in [0.5, 0.6) is 0 Å². The summed E-state index contributed by atoms with van der Waals surface area (Å²) in [6.07, 6.45) is 3.92. The summed E-state index contributed by atoms with van der Waals surface area (Å²) in [4.78, 5) is 4.49. The molecule has 7 aromatic rings. The van der Waals surface area contributed by atoms with Crippen molar-refractivity contribution in [2.45, 2.75) is 0 Å². The Labute approximate surface area is 189 Å². The predicted octanol–water partition coefficient (Wildman–Crippen LogP) is 4.42. The van der Waals surface area contributed by atoms with Crippen LogP contribution in [0.2, 0.25) is 0 Å². The van der Waals surface area contributed by atoms with E-state index in [0.717, 1.165) is 0 Å². The first kappa shape index (κ1) is 16.3. The fourth-order valence-electron chi connectivity index (χ4n) is 6.64. The van der Waals surface area contributed by atoms with Gasteiger partial charge in [-0.25, -0.2) is 0 Å². The van der Waals surface area contributed by atoms with E-state index in [-0.39, 0.29) is 6.71 Å². The highest BCUT2D eigenvalue weighted by Gasteiger charge is 2.40. The van der Waals surface area contributed by atoms with Crippen molar-refractivity contribution in [3.63, 3.8) is 0 Å². The Morgan fingerprint density at radius 3 is 2.30 bits per heavy atom. The van der Waals surface area contributed by atoms with E-state index in [1.54, 1.807) is 0 Å². The minimum Gasteiger partial charge on any atom is -0.310 e. The molecule has 0 N–H and O–H groups in total. The highest BCUT2D eigenvalue weighted by atomic mass is 15.0. The summed E-state index contributed by atoms with van der Waals surface area (Å²) in [5, 5.41) is 5.22. The van der Waals surface area contributed by atoms with Crippen molar-refractivity contribution in [2.24, 2.45) is 0 Å². The van der Waals surface area contributed by atoms with E-state index in [4.69, 9.17) is 0 Å². The number of hydrogen-bond acceptors (Lipinski definition) is 1. The van der Waals surface area contributed by atoms with Crippen LogP contribution in [-0.2, 0) is 0 Å². The molecule has 0 radical (unpaired) electrons. The van der Waals surface area contributed by atoms with Crippen molar-refractivity contribution in [3.8, 4) is 11.4 Å². The Morgan fingerprint density at radius 1 is 0.545 bits per heavy atom. The van der Waals surface area contributed by atoms with Crippen LogP contribution >= 0.6 is 0 Å². The molecule has 2 aliphatic heterocycles. The summed E-state index contributed by atoms with van der Waals surface area (Å²) < 4.78 is 4.94. The number of nitrogens with zero attached hydrogens (tertiary/aromatic N) is 3. The summed E-state index contributed by atoms with van der Waals surface area (Å²) >= 11 is 0. The molecule has 0 atom stereocenters. The van der Waals surface area contributed by atoms with E-state index in [0.29, 0.717) is 0 Å². The molecule has 5 heterocycles. The third kappa shape index (κ3) is 1.70. The Morgan fingerprint density at radius 2 is 1.30 bits per heavy atom. The van der Waals surface area contributed by atoms with Gasteiger partial charge in [-0.3, -0.25) is 4.98 Å². The highest BCUT2D eigenvalue weighted by molar-refractivity contribution is 7.00. The fourth-order valence-corrected chi connectivity index (χ4v) is 6.64. The van der Waals surface area contributed by atoms with Crippen molar-refractivity contribution >= 4 is 66.7 Å². The van der Waals surface area contributed by atoms with E-state index in [2.05, 4.69) is 99.0 Å². The summed E-state index contributed by atoms with van der Waals surface area (Å²) in [7, 11) is 0. The number of para-hydroxylation sites is 3. The molecule has 0 unspecified atom stereocenters. The Hall–Kier alpha value is -4.31. The molecule has 4 aromatic carbocycles. The Balaban J connectivity index is 1.63. The smallest absolute Gasteiger partial charge is 0.252 e. The monoisotopic (exact) mass is 417 g/mol. The zero-order valence-corrected chi connectivity index (χ0v) is 17.7. The van der Waals surface area contributed by atoms with Gasteiger partial charge in [0.1, 0.15) is 0 Å². The summed E-state index contributed by atoms with van der Waals surface area (Å²) in [6.45, 7) is 0.213. The average Bonchev–Trinajstić information content (AvgIpc) is 3.40. The van der Waals surface area contributed by atoms with Gasteiger partial charge < -0.3 is 9.13 Å². The highest BCUT2D eigenvalue weighted by Crippen LogP contribution is 2.38. The maximum atomic E-state index is 4.49. The molecule has 0 spiro atoms. The molecule has 3 nitrogen and oxygen atoms in total. The van der Waals surface area contributed by atoms with Gasteiger partial charge >= 0.3 is 0 Å². The van der Waals surface area contributed by atoms with Crippen LogP contribution in [0.15, 0.2) is 97.3 Å². The normalized spacial score (nSPS) is 13.4. The van der Waals surface area contributed by atoms with Crippen LogP contribution in [0.3, 0.4) is 0 Å². The van der Waals surface area contributed by atoms with Crippen LogP contribution in [0.25, 0.3) is 55.0 Å². The minimum absolute atomic E-state index is 0.213. The van der Waals surface area contributed by atoms with E-state index < -0.39 is 0 Å². The SMILES string of the molecule is c1ccc2c(c1)B1c3cccc4c5ccccc5n(c34)-c3ccc4c5ccncc5n-2c4c31. The van der Waals surface area contributed by atoms with Crippen LogP contribution in [0, 0.1) is 0 Å². The topological polar surface area (TPSA) is 22.8 Å². The zero-order valence-electron chi connectivity index (χ0n) is 17.7. The molecule has 0 bridgehead atoms. The molecule has 0 aliphatic carbocycles. The predicted molar refractivity (Wildman–Crippen MR) is 138 cm³/mol. The first-order valence-electron chi connectivity index (χ1n) is 11.4. The molecule has 0 saturated carbocycles. The van der Waals surface area contributed by atoms with Gasteiger partial charge in [0.05, 0.1) is 22.7 Å². The van der Waals surface area contributed by atoms with Crippen molar-refractivity contribution in [3.05, 3.63) is 97.3 Å². The third-order valence-electron chi connectivity index (χ3n) is 7.80. The average molecular weight is 417 g/mol. The Kier molecular flexibility index (Phi) is 2.65. The van der Waals surface area contributed by atoms with E-state index in [1.165, 1.54) is 71.4 Å². The second-order valence-corrected chi connectivity index (χ2v) is 9.21. The standard InChI is InChI=1S/C29H16BN3/c1-3-10-23-17(6-1)19-7-5-9-22-28(19)32(23)25-13-12-20-18-14-15-31-16-26(18)33-24-11-4-2-8-21(24)30(22)27(25)29(20)33/h1-16H. The van der Waals surface area contributed by atoms with E-state index in [9.17, 15) is 0 Å². The number of benzene rings is 4. The molecule has 0 amide bonds. The summed E-state index contributed by atoms with van der Waals surface area (Å²) in [5.41, 5.74) is 11.8. The van der Waals surface area contributed by atoms with Gasteiger partial charge in [-0.2, -0.15) is 0 Å². The molecule has 9 rings (SSSR count). The van der Waals surface area contributed by atoms with Crippen molar-refractivity contribution in [1.82, 2.24) is 14.1 Å². The van der Waals surface area contributed by atoms with Gasteiger partial charge in [0.15, 0.2) is 0 Å². The second kappa shape index (κ2) is 5.36. The number of aromatic nitrogens is 3. The molecule has 33 heavy (non-hydrogen) atoms. The molecular formula is C29H16BN3. The van der Waals surface area contributed by atoms with Gasteiger partial charge in [0, 0.05) is 44.6 Å². The molecule has 0 saturated heterocycles. The lowest BCUT2D eigenvalue weighted by molar-refractivity contribution is 1.15. The number of rotatable bonds is 0. The lowest BCUT2D eigenvalue weighted by Crippen LogP contribution is -2.59. The second-order valence-electron chi connectivity index (χ2n) is 9.21. The van der Waals surface area contributed by atoms with Gasteiger partial charge in [0.2, 0.25) is 0 Å². The molecule has 4 heteroatoms. The largest absolute Gasteiger partial charge is 0.310 e. The van der Waals surface area contributed by atoms with Crippen LogP contribution in [0.1, 0.15) is 0 Å². The minimum atomic E-state index is 0.213. The van der Waals surface area contributed by atoms with E-state index >= 15 is 0 Å². The van der Waals surface area contributed by atoms with Crippen molar-refractivity contribution in [1.29, 1.82) is 0 Å². The first-order chi connectivity index (χ1) is 16.4. The molecule has 3 aromatic heterocycles. The molecule has 0 fully saturated rings. The van der Waals surface area contributed by atoms with Crippen LogP contribution in [-0.4, -0.2) is 20.8 Å². The van der Waals surface area contributed by atoms with Crippen molar-refractivity contribution < 1.29 is 0 Å². The van der Waals surface area contributed by atoms with E-state index in [1.807, 2.05) is 12.4 Å². The van der Waals surface area contributed by atoms with Crippen LogP contribution < -0.4 is 16.4 Å². The molecular weight excluding hydrogens is 401 g/mol. The quantitative estimate of drug-likeness (QED) is 0.335. The summed E-state index contributed by atoms with van der Waals surface area (Å²) in [6, 6.07) is 31.4. The lowest BCUT2D eigenvalue weighted by atomic mass is 9.34. The third-order valence-corrected chi connectivity index (χ3v) is 7.80. The first-order valence-corrected chi connectivity index (χ1v) is 11.4. The van der Waals surface area contributed by atoms with Gasteiger partial charge in [-0.1, -0.05) is 60.7 Å². The number of hydrogen-bond donors (Lipinski definition) is 0. The lowest BCUT2D eigenvalue weighted by Gasteiger charge is -2.33. The summed E-state index contributed by atoms with van der Waals surface area (Å²) in [5.74, 6) is 0. The van der Waals surface area contributed by atoms with Crippen LogP contribution in [0.4, 0.5) is 0 Å². The maximum Gasteiger partial charge on any atom is 0.252 e. The number of fused-ring (bicyclic) bond motifs is 11. The Bertz CT molecular complexity index is 1990. The zero-order chi connectivity index (χ0) is 21.3. The van der Waals surface area contributed by atoms with Crippen molar-refractivity contribution in [2.75, 3.05) is 0 Å². The van der Waals surface area contributed by atoms with Gasteiger partial charge in [0.25, 0.3) is 6.71 Å². The maximum absolute atomic E-state index is 4.49. The fraction of sp³-hybridized carbons (Fsp3) is 0. The molecule has 2 aliphatic rings. The van der Waals surface area contributed by atoms with Gasteiger partial charge in [-0.15, -0.1) is 0 Å². The van der Waals surface area contributed by atoms with Gasteiger partial charge in [-0.05, 0) is 40.7 Å². The number of pyridine rings is 1. The molecule has 150 valence electrons.